The van der Waals surface area contributed by atoms with E-state index in [4.69, 9.17) is 0 Å². The van der Waals surface area contributed by atoms with E-state index in [1.807, 2.05) is 0 Å². The van der Waals surface area contributed by atoms with E-state index in [1.54, 1.807) is 9.74 Å². The van der Waals surface area contributed by atoms with E-state index in [0.717, 1.165) is 0 Å². The molecule has 0 saturated heterocycles. The summed E-state index contributed by atoms with van der Waals surface area (Å²) in [5, 5.41) is 2.04. The second-order valence-corrected chi connectivity index (χ2v) is 19.0. The van der Waals surface area contributed by atoms with Crippen LogP contribution in [0.3, 0.4) is 0 Å². The molecular weight excluding hydrogens is 330 g/mol. The van der Waals surface area contributed by atoms with Gasteiger partial charge in [0.15, 0.2) is 0 Å². The molecule has 1 aromatic rings. The first-order valence-corrected chi connectivity index (χ1v) is 17.2. The van der Waals surface area contributed by atoms with Gasteiger partial charge in [0.2, 0.25) is 0 Å². The second-order valence-electron chi connectivity index (χ2n) is 6.19. The fraction of sp³-hybridized carbons (Fsp3) is 0.600. The summed E-state index contributed by atoms with van der Waals surface area (Å²) in [6.07, 6.45) is 2.89. The molecule has 17 heavy (non-hydrogen) atoms. The number of rotatable bonds is 5. The normalized spacial score (nSPS) is 14.0. The van der Waals surface area contributed by atoms with Gasteiger partial charge in [0.1, 0.15) is 0 Å². The van der Waals surface area contributed by atoms with Gasteiger partial charge in [-0.15, -0.1) is 0 Å². The van der Waals surface area contributed by atoms with Crippen molar-refractivity contribution < 1.29 is 0 Å². The Morgan fingerprint density at radius 1 is 1.06 bits per heavy atom. The van der Waals surface area contributed by atoms with E-state index in [1.165, 1.54) is 12.6 Å². The van der Waals surface area contributed by atoms with Gasteiger partial charge in [-0.25, -0.2) is 0 Å². The van der Waals surface area contributed by atoms with Gasteiger partial charge in [-0.2, -0.15) is 0 Å². The molecule has 96 valence electrons. The predicted molar refractivity (Wildman–Crippen MR) is 85.9 cm³/mol. The van der Waals surface area contributed by atoms with Gasteiger partial charge < -0.3 is 0 Å². The van der Waals surface area contributed by atoms with Crippen molar-refractivity contribution >= 4 is 33.0 Å². The SMILES string of the molecule is [CH3][SnH]([CH3])[CH2]CCP(c1ccccc1)C(C)(C)C. The van der Waals surface area contributed by atoms with E-state index < -0.39 is 19.8 Å². The Balaban J connectivity index is 2.69. The molecule has 0 aliphatic heterocycles. The first-order valence-electron chi connectivity index (χ1n) is 6.74. The van der Waals surface area contributed by atoms with Crippen LogP contribution in [0.5, 0.6) is 0 Å². The number of hydrogen-bond donors (Lipinski definition) is 0. The minimum absolute atomic E-state index is 0.00613. The first-order chi connectivity index (χ1) is 7.91. The van der Waals surface area contributed by atoms with Crippen LogP contribution in [0.1, 0.15) is 27.2 Å². The van der Waals surface area contributed by atoms with Crippen LogP contribution < -0.4 is 5.30 Å². The summed E-state index contributed by atoms with van der Waals surface area (Å²) in [7, 11) is 0.00613. The van der Waals surface area contributed by atoms with E-state index in [-0.39, 0.29) is 7.92 Å². The standard InChI is InChI=1S/C13H20P.2CH3.Sn.H/c1-5-11-14(13(2,3)4)12-9-7-6-8-10-12;;;;/h6-10H,1,5,11H2,2-4H3;2*1H3;;. The molecule has 1 unspecified atom stereocenters. The second kappa shape index (κ2) is 7.14. The van der Waals surface area contributed by atoms with Crippen molar-refractivity contribution in [3.63, 3.8) is 0 Å². The van der Waals surface area contributed by atoms with Crippen LogP contribution in [-0.2, 0) is 0 Å². The minimum atomic E-state index is -0.983. The molecule has 0 aliphatic carbocycles. The molecule has 1 atom stereocenters. The van der Waals surface area contributed by atoms with Gasteiger partial charge in [-0.1, -0.05) is 0 Å². The number of hydrogen-bond acceptors (Lipinski definition) is 0. The average molecular weight is 357 g/mol. The van der Waals surface area contributed by atoms with E-state index in [0.29, 0.717) is 5.16 Å². The fourth-order valence-corrected chi connectivity index (χ4v) is 8.75. The molecule has 0 fully saturated rings. The molecule has 0 saturated carbocycles. The Labute approximate surface area is 116 Å². The van der Waals surface area contributed by atoms with Gasteiger partial charge in [-0.05, 0) is 0 Å². The van der Waals surface area contributed by atoms with Gasteiger partial charge in [-0.3, -0.25) is 0 Å². The summed E-state index contributed by atoms with van der Waals surface area (Å²) >= 11 is -0.983. The van der Waals surface area contributed by atoms with Crippen molar-refractivity contribution in [3.05, 3.63) is 30.3 Å². The molecule has 0 aliphatic rings. The molecular formula is C15H27PSn. The third-order valence-electron chi connectivity index (χ3n) is 3.04. The zero-order chi connectivity index (χ0) is 12.9. The zero-order valence-electron chi connectivity index (χ0n) is 12.0. The van der Waals surface area contributed by atoms with Gasteiger partial charge in [0.25, 0.3) is 0 Å². The molecule has 0 bridgehead atoms. The topological polar surface area (TPSA) is 0 Å². The molecule has 0 nitrogen and oxygen atoms in total. The molecule has 1 aromatic carbocycles. The van der Waals surface area contributed by atoms with Crippen LogP contribution >= 0.6 is 7.92 Å². The molecule has 1 rings (SSSR count). The molecule has 0 heterocycles. The van der Waals surface area contributed by atoms with Crippen molar-refractivity contribution in [1.82, 2.24) is 0 Å². The van der Waals surface area contributed by atoms with Crippen LogP contribution in [0, 0.1) is 0 Å². The van der Waals surface area contributed by atoms with Crippen LogP contribution in [0.15, 0.2) is 30.3 Å². The van der Waals surface area contributed by atoms with Crippen molar-refractivity contribution in [3.8, 4) is 0 Å². The van der Waals surface area contributed by atoms with Crippen molar-refractivity contribution in [1.29, 1.82) is 0 Å². The van der Waals surface area contributed by atoms with Crippen LogP contribution in [0.25, 0.3) is 0 Å². The summed E-state index contributed by atoms with van der Waals surface area (Å²) in [6.45, 7) is 7.22. The molecule has 0 spiro atoms. The van der Waals surface area contributed by atoms with Gasteiger partial charge in [0.05, 0.1) is 0 Å². The Morgan fingerprint density at radius 2 is 1.65 bits per heavy atom. The maximum atomic E-state index is 2.53. The fourth-order valence-electron chi connectivity index (χ4n) is 2.12. The van der Waals surface area contributed by atoms with E-state index in [2.05, 4.69) is 61.0 Å². The monoisotopic (exact) mass is 358 g/mol. The Kier molecular flexibility index (Phi) is 6.51. The Bertz CT molecular complexity index is 313. The molecule has 0 amide bonds. The summed E-state index contributed by atoms with van der Waals surface area (Å²) in [4.78, 5) is 5.06. The van der Waals surface area contributed by atoms with Gasteiger partial charge >= 0.3 is 116 Å². The molecule has 0 aromatic heterocycles. The molecule has 0 radical (unpaired) electrons. The molecule has 0 N–H and O–H groups in total. The summed E-state index contributed by atoms with van der Waals surface area (Å²) in [6, 6.07) is 11.2. The number of benzene rings is 1. The average Bonchev–Trinajstić information content (AvgIpc) is 2.23. The maximum absolute atomic E-state index is 2.53. The van der Waals surface area contributed by atoms with E-state index in [9.17, 15) is 0 Å². The molecule has 2 heteroatoms. The van der Waals surface area contributed by atoms with Crippen molar-refractivity contribution in [2.75, 3.05) is 6.16 Å². The Morgan fingerprint density at radius 3 is 2.12 bits per heavy atom. The quantitative estimate of drug-likeness (QED) is 0.539. The third-order valence-corrected chi connectivity index (χ3v) is 10.8. The first kappa shape index (κ1) is 15.5. The van der Waals surface area contributed by atoms with E-state index >= 15 is 0 Å². The predicted octanol–water partition coefficient (Wildman–Crippen LogP) is 4.47. The zero-order valence-corrected chi connectivity index (χ0v) is 16.2. The van der Waals surface area contributed by atoms with Crippen LogP contribution in [0.2, 0.25) is 14.3 Å². The van der Waals surface area contributed by atoms with Crippen LogP contribution in [-0.4, -0.2) is 31.1 Å². The van der Waals surface area contributed by atoms with Crippen molar-refractivity contribution in [2.45, 2.75) is 46.7 Å². The summed E-state index contributed by atoms with van der Waals surface area (Å²) in [5.74, 6) is 0. The third kappa shape index (κ3) is 5.74. The van der Waals surface area contributed by atoms with Crippen molar-refractivity contribution in [2.24, 2.45) is 0 Å². The van der Waals surface area contributed by atoms with Crippen LogP contribution in [0.4, 0.5) is 0 Å². The summed E-state index contributed by atoms with van der Waals surface area (Å²) < 4.78 is 1.57. The van der Waals surface area contributed by atoms with Gasteiger partial charge in [0, 0.05) is 0 Å². The summed E-state index contributed by atoms with van der Waals surface area (Å²) in [5.41, 5.74) is 0. The Hall–Kier alpha value is 0.449.